The molecule has 0 bridgehead atoms. The Morgan fingerprint density at radius 2 is 1.83 bits per heavy atom. The number of aryl methyl sites for hydroxylation is 1. The van der Waals surface area contributed by atoms with Gasteiger partial charge in [-0.15, -0.1) is 0 Å². The Kier molecular flexibility index (Phi) is 5.34. The van der Waals surface area contributed by atoms with Gasteiger partial charge in [-0.1, -0.05) is 30.3 Å². The van der Waals surface area contributed by atoms with Gasteiger partial charge in [0.2, 0.25) is 0 Å². The highest BCUT2D eigenvalue weighted by Gasteiger charge is 2.21. The van der Waals surface area contributed by atoms with Crippen molar-refractivity contribution in [1.82, 2.24) is 9.97 Å². The zero-order chi connectivity index (χ0) is 16.9. The van der Waals surface area contributed by atoms with Crippen LogP contribution >= 0.6 is 0 Å². The second-order valence-electron chi connectivity index (χ2n) is 7.08. The van der Waals surface area contributed by atoms with E-state index in [1.807, 2.05) is 6.92 Å². The van der Waals surface area contributed by atoms with E-state index in [1.165, 1.54) is 24.8 Å². The minimum atomic E-state index is 0.378. The monoisotopic (exact) mass is 324 g/mol. The molecular weight excluding hydrogens is 296 g/mol. The second-order valence-corrected chi connectivity index (χ2v) is 7.08. The molecule has 0 saturated carbocycles. The number of anilines is 2. The maximum Gasteiger partial charge on any atom is 0.134 e. The topological polar surface area (TPSA) is 41.1 Å². The van der Waals surface area contributed by atoms with Crippen LogP contribution in [0.1, 0.15) is 38.1 Å². The van der Waals surface area contributed by atoms with Crippen LogP contribution in [0.25, 0.3) is 0 Å². The van der Waals surface area contributed by atoms with Gasteiger partial charge in [-0.2, -0.15) is 0 Å². The van der Waals surface area contributed by atoms with Crippen LogP contribution in [0.15, 0.2) is 36.4 Å². The molecule has 128 valence electrons. The fourth-order valence-electron chi connectivity index (χ4n) is 3.40. The first-order valence-electron chi connectivity index (χ1n) is 9.01. The fourth-order valence-corrected chi connectivity index (χ4v) is 3.40. The van der Waals surface area contributed by atoms with Crippen molar-refractivity contribution in [1.29, 1.82) is 0 Å². The quantitative estimate of drug-likeness (QED) is 0.900. The van der Waals surface area contributed by atoms with Crippen LogP contribution in [-0.2, 0) is 6.42 Å². The van der Waals surface area contributed by atoms with Crippen LogP contribution in [0.2, 0.25) is 0 Å². The SMILES string of the molecule is Cc1nc(NC(C)C)cc(N2CCC(Cc3ccccc3)CC2)n1. The van der Waals surface area contributed by atoms with Gasteiger partial charge >= 0.3 is 0 Å². The Morgan fingerprint density at radius 3 is 2.50 bits per heavy atom. The van der Waals surface area contributed by atoms with Gasteiger partial charge in [-0.05, 0) is 51.5 Å². The molecule has 24 heavy (non-hydrogen) atoms. The molecule has 2 heterocycles. The molecule has 3 rings (SSSR count). The summed E-state index contributed by atoms with van der Waals surface area (Å²) in [7, 11) is 0. The summed E-state index contributed by atoms with van der Waals surface area (Å²) in [5.74, 6) is 3.60. The van der Waals surface area contributed by atoms with Gasteiger partial charge < -0.3 is 10.2 Å². The third kappa shape index (κ3) is 4.47. The average Bonchev–Trinajstić information content (AvgIpc) is 2.55. The van der Waals surface area contributed by atoms with E-state index >= 15 is 0 Å². The lowest BCUT2D eigenvalue weighted by Gasteiger charge is -2.33. The summed E-state index contributed by atoms with van der Waals surface area (Å²) in [5, 5.41) is 3.39. The predicted octanol–water partition coefficient (Wildman–Crippen LogP) is 4.06. The molecule has 0 radical (unpaired) electrons. The number of piperidine rings is 1. The number of hydrogen-bond acceptors (Lipinski definition) is 4. The van der Waals surface area contributed by atoms with Gasteiger partial charge in [0.1, 0.15) is 17.5 Å². The maximum atomic E-state index is 4.65. The summed E-state index contributed by atoms with van der Waals surface area (Å²) in [6, 6.07) is 13.3. The molecule has 1 N–H and O–H groups in total. The van der Waals surface area contributed by atoms with E-state index in [4.69, 9.17) is 0 Å². The standard InChI is InChI=1S/C20H28N4/c1-15(2)21-19-14-20(23-16(3)22-19)24-11-9-18(10-12-24)13-17-7-5-4-6-8-17/h4-8,14-15,18H,9-13H2,1-3H3,(H,21,22,23). The molecule has 0 unspecified atom stereocenters. The Morgan fingerprint density at radius 1 is 1.12 bits per heavy atom. The summed E-state index contributed by atoms with van der Waals surface area (Å²) in [4.78, 5) is 11.5. The molecule has 1 aromatic heterocycles. The molecule has 1 aliphatic heterocycles. The lowest BCUT2D eigenvalue weighted by Crippen LogP contribution is -2.35. The van der Waals surface area contributed by atoms with E-state index < -0.39 is 0 Å². The first-order valence-corrected chi connectivity index (χ1v) is 9.01. The van der Waals surface area contributed by atoms with Crippen LogP contribution in [0.3, 0.4) is 0 Å². The highest BCUT2D eigenvalue weighted by molar-refractivity contribution is 5.50. The molecule has 1 aromatic carbocycles. The Hall–Kier alpha value is -2.10. The third-order valence-corrected chi connectivity index (χ3v) is 4.57. The third-order valence-electron chi connectivity index (χ3n) is 4.57. The molecule has 0 atom stereocenters. The highest BCUT2D eigenvalue weighted by Crippen LogP contribution is 2.26. The Balaban J connectivity index is 1.61. The van der Waals surface area contributed by atoms with Gasteiger partial charge in [0.25, 0.3) is 0 Å². The summed E-state index contributed by atoms with van der Waals surface area (Å²) >= 11 is 0. The predicted molar refractivity (Wildman–Crippen MR) is 101 cm³/mol. The van der Waals surface area contributed by atoms with Crippen LogP contribution in [0.4, 0.5) is 11.6 Å². The van der Waals surface area contributed by atoms with Crippen molar-refractivity contribution in [2.24, 2.45) is 5.92 Å². The van der Waals surface area contributed by atoms with Crippen molar-refractivity contribution in [2.45, 2.75) is 46.1 Å². The second kappa shape index (κ2) is 7.65. The Bertz CT molecular complexity index is 646. The highest BCUT2D eigenvalue weighted by atomic mass is 15.2. The zero-order valence-electron chi connectivity index (χ0n) is 15.0. The maximum absolute atomic E-state index is 4.65. The summed E-state index contributed by atoms with van der Waals surface area (Å²) < 4.78 is 0. The van der Waals surface area contributed by atoms with E-state index in [9.17, 15) is 0 Å². The number of nitrogens with one attached hydrogen (secondary N) is 1. The Labute approximate surface area is 145 Å². The van der Waals surface area contributed by atoms with Gasteiger partial charge in [0.15, 0.2) is 0 Å². The van der Waals surface area contributed by atoms with Gasteiger partial charge in [-0.3, -0.25) is 0 Å². The number of rotatable bonds is 5. The molecule has 1 fully saturated rings. The van der Waals surface area contributed by atoms with Crippen molar-refractivity contribution in [3.05, 3.63) is 47.8 Å². The summed E-state index contributed by atoms with van der Waals surface area (Å²) in [6.07, 6.45) is 3.65. The summed E-state index contributed by atoms with van der Waals surface area (Å²) in [5.41, 5.74) is 1.46. The zero-order valence-corrected chi connectivity index (χ0v) is 15.0. The molecule has 0 spiro atoms. The van der Waals surface area contributed by atoms with Gasteiger partial charge in [-0.25, -0.2) is 9.97 Å². The minimum Gasteiger partial charge on any atom is -0.368 e. The molecule has 1 aliphatic rings. The van der Waals surface area contributed by atoms with E-state index in [0.717, 1.165) is 36.5 Å². The molecule has 4 nitrogen and oxygen atoms in total. The van der Waals surface area contributed by atoms with Crippen LogP contribution in [0.5, 0.6) is 0 Å². The van der Waals surface area contributed by atoms with Crippen LogP contribution in [0, 0.1) is 12.8 Å². The smallest absolute Gasteiger partial charge is 0.134 e. The minimum absolute atomic E-state index is 0.378. The molecular formula is C20H28N4. The van der Waals surface area contributed by atoms with Gasteiger partial charge in [0.05, 0.1) is 0 Å². The number of benzene rings is 1. The number of hydrogen-bond donors (Lipinski definition) is 1. The van der Waals surface area contributed by atoms with E-state index in [-0.39, 0.29) is 0 Å². The summed E-state index contributed by atoms with van der Waals surface area (Å²) in [6.45, 7) is 8.39. The van der Waals surface area contributed by atoms with Gasteiger partial charge in [0, 0.05) is 25.2 Å². The van der Waals surface area contributed by atoms with E-state index in [2.05, 4.69) is 70.4 Å². The molecule has 1 saturated heterocycles. The van der Waals surface area contributed by atoms with Crippen molar-refractivity contribution in [2.75, 3.05) is 23.3 Å². The average molecular weight is 324 g/mol. The van der Waals surface area contributed by atoms with Crippen LogP contribution < -0.4 is 10.2 Å². The lowest BCUT2D eigenvalue weighted by atomic mass is 9.90. The van der Waals surface area contributed by atoms with E-state index in [0.29, 0.717) is 6.04 Å². The first-order chi connectivity index (χ1) is 11.6. The van der Waals surface area contributed by atoms with E-state index in [1.54, 1.807) is 0 Å². The number of aromatic nitrogens is 2. The molecule has 0 amide bonds. The van der Waals surface area contributed by atoms with Crippen molar-refractivity contribution in [3.8, 4) is 0 Å². The number of nitrogens with zero attached hydrogens (tertiary/aromatic N) is 3. The van der Waals surface area contributed by atoms with Crippen LogP contribution in [-0.4, -0.2) is 29.1 Å². The normalized spacial score (nSPS) is 15.8. The largest absolute Gasteiger partial charge is 0.368 e. The van der Waals surface area contributed by atoms with Crippen molar-refractivity contribution >= 4 is 11.6 Å². The molecule has 4 heteroatoms. The van der Waals surface area contributed by atoms with Crippen molar-refractivity contribution < 1.29 is 0 Å². The molecule has 0 aliphatic carbocycles. The first kappa shape index (κ1) is 16.7. The fraction of sp³-hybridized carbons (Fsp3) is 0.500. The van der Waals surface area contributed by atoms with Crippen molar-refractivity contribution in [3.63, 3.8) is 0 Å². The lowest BCUT2D eigenvalue weighted by molar-refractivity contribution is 0.402. The molecule has 2 aromatic rings.